The van der Waals surface area contributed by atoms with Crippen LogP contribution in [0.3, 0.4) is 0 Å². The first kappa shape index (κ1) is 18.2. The van der Waals surface area contributed by atoms with Crippen molar-refractivity contribution in [3.8, 4) is 0 Å². The Balaban J connectivity index is 3.18. The number of allylic oxidation sites excluding steroid dienone is 2. The highest BCUT2D eigenvalue weighted by molar-refractivity contribution is 6.29. The summed E-state index contributed by atoms with van der Waals surface area (Å²) >= 11 is 6.19. The van der Waals surface area contributed by atoms with Crippen LogP contribution < -0.4 is 0 Å². The smallest absolute Gasteiger partial charge is 0.338 e. The summed E-state index contributed by atoms with van der Waals surface area (Å²) in [4.78, 5) is 12.0. The van der Waals surface area contributed by atoms with E-state index in [1.54, 1.807) is 6.92 Å². The molecule has 0 N–H and O–H groups in total. The molecule has 2 atom stereocenters. The molecule has 1 heterocycles. The quantitative estimate of drug-likeness (QED) is 0.550. The van der Waals surface area contributed by atoms with Gasteiger partial charge in [-0.3, -0.25) is 0 Å². The SMILES string of the molecule is CCC=CC(=C(C)Cl)C1OC(CC)(CC)OC1C(=O)OC. The largest absolute Gasteiger partial charge is 0.467 e. The standard InChI is InChI=1S/C16H25ClO4/c1-6-9-10-12(11(4)17)13-14(15(18)19-5)21-16(7-2,8-3)20-13/h9-10,13-14H,6-8H2,1-5H3. The molecule has 0 radical (unpaired) electrons. The molecule has 2 unspecified atom stereocenters. The maximum Gasteiger partial charge on any atom is 0.338 e. The van der Waals surface area contributed by atoms with E-state index in [1.807, 2.05) is 32.9 Å². The lowest BCUT2D eigenvalue weighted by molar-refractivity contribution is -0.186. The number of ether oxygens (including phenoxy) is 3. The molecule has 1 fully saturated rings. The van der Waals surface area contributed by atoms with E-state index in [0.717, 1.165) is 12.0 Å². The van der Waals surface area contributed by atoms with Crippen molar-refractivity contribution < 1.29 is 19.0 Å². The molecule has 0 saturated carbocycles. The molecular weight excluding hydrogens is 292 g/mol. The minimum absolute atomic E-state index is 0.441. The van der Waals surface area contributed by atoms with E-state index in [2.05, 4.69) is 0 Å². The number of carbonyl (C=O) groups excluding carboxylic acids is 1. The third kappa shape index (κ3) is 4.09. The van der Waals surface area contributed by atoms with Crippen molar-refractivity contribution in [1.82, 2.24) is 0 Å². The summed E-state index contributed by atoms with van der Waals surface area (Å²) in [5.74, 6) is -1.20. The zero-order valence-electron chi connectivity index (χ0n) is 13.4. The summed E-state index contributed by atoms with van der Waals surface area (Å²) in [6.07, 6.45) is 4.72. The predicted molar refractivity (Wildman–Crippen MR) is 83.1 cm³/mol. The predicted octanol–water partition coefficient (Wildman–Crippen LogP) is 3.94. The van der Waals surface area contributed by atoms with Gasteiger partial charge in [0.25, 0.3) is 0 Å². The molecular formula is C16H25ClO4. The fourth-order valence-electron chi connectivity index (χ4n) is 2.36. The van der Waals surface area contributed by atoms with E-state index < -0.39 is 24.0 Å². The van der Waals surface area contributed by atoms with Crippen LogP contribution in [-0.2, 0) is 19.0 Å². The van der Waals surface area contributed by atoms with Crippen molar-refractivity contribution in [2.75, 3.05) is 7.11 Å². The van der Waals surface area contributed by atoms with Crippen molar-refractivity contribution in [2.24, 2.45) is 0 Å². The fraction of sp³-hybridized carbons (Fsp3) is 0.688. The molecule has 1 rings (SSSR count). The molecule has 120 valence electrons. The number of halogens is 1. The van der Waals surface area contributed by atoms with Crippen LogP contribution in [-0.4, -0.2) is 31.1 Å². The minimum Gasteiger partial charge on any atom is -0.467 e. The van der Waals surface area contributed by atoms with Crippen molar-refractivity contribution in [3.63, 3.8) is 0 Å². The highest BCUT2D eigenvalue weighted by Crippen LogP contribution is 2.39. The lowest BCUT2D eigenvalue weighted by Crippen LogP contribution is -2.34. The second-order valence-corrected chi connectivity index (χ2v) is 5.58. The van der Waals surface area contributed by atoms with Gasteiger partial charge in [0.1, 0.15) is 6.10 Å². The van der Waals surface area contributed by atoms with Gasteiger partial charge in [0.15, 0.2) is 11.9 Å². The zero-order chi connectivity index (χ0) is 16.0. The van der Waals surface area contributed by atoms with E-state index in [0.29, 0.717) is 17.9 Å². The molecule has 0 aromatic heterocycles. The Morgan fingerprint density at radius 1 is 1.24 bits per heavy atom. The number of hydrogen-bond acceptors (Lipinski definition) is 4. The lowest BCUT2D eigenvalue weighted by Gasteiger charge is -2.25. The molecule has 1 saturated heterocycles. The zero-order valence-corrected chi connectivity index (χ0v) is 14.2. The van der Waals surface area contributed by atoms with E-state index in [1.165, 1.54) is 7.11 Å². The summed E-state index contributed by atoms with van der Waals surface area (Å²) in [6, 6.07) is 0. The molecule has 4 nitrogen and oxygen atoms in total. The van der Waals surface area contributed by atoms with Gasteiger partial charge in [0, 0.05) is 5.03 Å². The highest BCUT2D eigenvalue weighted by atomic mass is 35.5. The summed E-state index contributed by atoms with van der Waals surface area (Å²) in [5, 5.41) is 0.588. The van der Waals surface area contributed by atoms with Crippen LogP contribution in [0.5, 0.6) is 0 Å². The maximum atomic E-state index is 12.0. The van der Waals surface area contributed by atoms with Crippen molar-refractivity contribution in [3.05, 3.63) is 22.8 Å². The number of carbonyl (C=O) groups is 1. The van der Waals surface area contributed by atoms with Gasteiger partial charge < -0.3 is 14.2 Å². The van der Waals surface area contributed by atoms with E-state index in [4.69, 9.17) is 25.8 Å². The third-order valence-electron chi connectivity index (χ3n) is 3.71. The lowest BCUT2D eigenvalue weighted by atomic mass is 10.0. The second kappa shape index (κ2) is 7.97. The van der Waals surface area contributed by atoms with Crippen molar-refractivity contribution >= 4 is 17.6 Å². The van der Waals surface area contributed by atoms with Crippen LogP contribution in [0.15, 0.2) is 22.8 Å². The third-order valence-corrected chi connectivity index (χ3v) is 3.92. The number of methoxy groups -OCH3 is 1. The molecule has 0 spiro atoms. The Bertz CT molecular complexity index is 420. The summed E-state index contributed by atoms with van der Waals surface area (Å²) in [6.45, 7) is 7.76. The molecule has 0 aliphatic carbocycles. The molecule has 0 aromatic rings. The normalized spacial score (nSPS) is 26.0. The topological polar surface area (TPSA) is 44.8 Å². The van der Waals surface area contributed by atoms with Gasteiger partial charge in [-0.1, -0.05) is 44.5 Å². The summed E-state index contributed by atoms with van der Waals surface area (Å²) in [5.41, 5.74) is 0.762. The molecule has 1 aliphatic heterocycles. The molecule has 0 amide bonds. The van der Waals surface area contributed by atoms with E-state index in [9.17, 15) is 4.79 Å². The number of rotatable bonds is 6. The van der Waals surface area contributed by atoms with Crippen molar-refractivity contribution in [1.29, 1.82) is 0 Å². The Morgan fingerprint density at radius 2 is 1.81 bits per heavy atom. The average Bonchev–Trinajstić information content (AvgIpc) is 2.87. The summed E-state index contributed by atoms with van der Waals surface area (Å²) in [7, 11) is 1.35. The van der Waals surface area contributed by atoms with Gasteiger partial charge in [0.2, 0.25) is 0 Å². The van der Waals surface area contributed by atoms with Gasteiger partial charge in [0.05, 0.1) is 7.11 Å². The molecule has 5 heteroatoms. The van der Waals surface area contributed by atoms with Gasteiger partial charge in [-0.05, 0) is 31.8 Å². The maximum absolute atomic E-state index is 12.0. The van der Waals surface area contributed by atoms with Gasteiger partial charge >= 0.3 is 5.97 Å². The average molecular weight is 317 g/mol. The minimum atomic E-state index is -0.792. The van der Waals surface area contributed by atoms with E-state index in [-0.39, 0.29) is 0 Å². The molecule has 0 aromatic carbocycles. The molecule has 21 heavy (non-hydrogen) atoms. The van der Waals surface area contributed by atoms with Gasteiger partial charge in [-0.25, -0.2) is 4.79 Å². The Labute approximate surface area is 132 Å². The number of esters is 1. The Kier molecular flexibility index (Phi) is 6.91. The van der Waals surface area contributed by atoms with Gasteiger partial charge in [-0.15, -0.1) is 0 Å². The first-order chi connectivity index (χ1) is 9.94. The first-order valence-corrected chi connectivity index (χ1v) is 7.78. The molecule has 0 bridgehead atoms. The van der Waals surface area contributed by atoms with Crippen LogP contribution in [0, 0.1) is 0 Å². The first-order valence-electron chi connectivity index (χ1n) is 7.40. The monoisotopic (exact) mass is 316 g/mol. The highest BCUT2D eigenvalue weighted by Gasteiger charge is 2.50. The summed E-state index contributed by atoms with van der Waals surface area (Å²) < 4.78 is 16.8. The second-order valence-electron chi connectivity index (χ2n) is 5.02. The van der Waals surface area contributed by atoms with E-state index >= 15 is 0 Å². The Hall–Kier alpha value is -0.840. The Morgan fingerprint density at radius 3 is 2.24 bits per heavy atom. The van der Waals surface area contributed by atoms with Gasteiger partial charge in [-0.2, -0.15) is 0 Å². The molecule has 1 aliphatic rings. The van der Waals surface area contributed by atoms with Crippen LogP contribution in [0.4, 0.5) is 0 Å². The van der Waals surface area contributed by atoms with Crippen LogP contribution in [0.25, 0.3) is 0 Å². The van der Waals surface area contributed by atoms with Crippen LogP contribution in [0.1, 0.15) is 47.0 Å². The van der Waals surface area contributed by atoms with Crippen LogP contribution >= 0.6 is 11.6 Å². The van der Waals surface area contributed by atoms with Crippen LogP contribution in [0.2, 0.25) is 0 Å². The van der Waals surface area contributed by atoms with Crippen molar-refractivity contribution in [2.45, 2.75) is 65.0 Å². The fourth-order valence-corrected chi connectivity index (χ4v) is 2.53. The number of hydrogen-bond donors (Lipinski definition) is 0.